The van der Waals surface area contributed by atoms with Gasteiger partial charge in [0, 0.05) is 25.2 Å². The van der Waals surface area contributed by atoms with Gasteiger partial charge in [0.15, 0.2) is 0 Å². The third-order valence-corrected chi connectivity index (χ3v) is 6.17. The quantitative estimate of drug-likeness (QED) is 0.784. The number of hydrogen-bond donors (Lipinski definition) is 2. The smallest absolute Gasteiger partial charge is 0.0142 e. The summed E-state index contributed by atoms with van der Waals surface area (Å²) in [4.78, 5) is 5.43. The highest BCUT2D eigenvalue weighted by molar-refractivity contribution is 4.94. The molecule has 0 aromatic carbocycles. The molecule has 0 aromatic rings. The van der Waals surface area contributed by atoms with Gasteiger partial charge < -0.3 is 16.4 Å². The molecule has 4 atom stereocenters. The lowest BCUT2D eigenvalue weighted by atomic mass is 9.74. The molecule has 136 valence electrons. The van der Waals surface area contributed by atoms with Crippen LogP contribution in [0.2, 0.25) is 0 Å². The molecule has 2 aliphatic heterocycles. The van der Waals surface area contributed by atoms with Gasteiger partial charge in [0.05, 0.1) is 0 Å². The maximum Gasteiger partial charge on any atom is 0.0142 e. The number of likely N-dealkylation sites (tertiary alicyclic amines) is 2. The molecule has 4 unspecified atom stereocenters. The minimum absolute atomic E-state index is 0.642. The molecule has 2 saturated heterocycles. The first kappa shape index (κ1) is 19.2. The summed E-state index contributed by atoms with van der Waals surface area (Å²) < 4.78 is 0. The van der Waals surface area contributed by atoms with Crippen LogP contribution in [0.15, 0.2) is 0 Å². The van der Waals surface area contributed by atoms with E-state index in [2.05, 4.69) is 37.5 Å². The molecule has 4 N–H and O–H groups in total. The average Bonchev–Trinajstić information content (AvgIpc) is 2.54. The second-order valence-electron chi connectivity index (χ2n) is 8.62. The Bertz CT molecular complexity index is 344. The largest absolute Gasteiger partial charge is 0.330 e. The van der Waals surface area contributed by atoms with Crippen molar-refractivity contribution in [2.45, 2.75) is 59.0 Å². The first-order valence-electron chi connectivity index (χ1n) is 9.84. The first-order chi connectivity index (χ1) is 11.0. The molecule has 23 heavy (non-hydrogen) atoms. The van der Waals surface area contributed by atoms with Crippen molar-refractivity contribution in [2.75, 3.05) is 39.3 Å². The highest BCUT2D eigenvalue weighted by Gasteiger charge is 2.40. The van der Waals surface area contributed by atoms with Gasteiger partial charge in [-0.25, -0.2) is 0 Å². The van der Waals surface area contributed by atoms with Gasteiger partial charge in [0.25, 0.3) is 0 Å². The van der Waals surface area contributed by atoms with Gasteiger partial charge in [-0.1, -0.05) is 13.8 Å². The van der Waals surface area contributed by atoms with Crippen molar-refractivity contribution in [2.24, 2.45) is 35.1 Å². The van der Waals surface area contributed by atoms with Crippen molar-refractivity contribution < 1.29 is 0 Å². The summed E-state index contributed by atoms with van der Waals surface area (Å²) in [6.07, 6.45) is 3.81. The van der Waals surface area contributed by atoms with E-state index in [9.17, 15) is 0 Å². The number of rotatable bonds is 6. The van der Waals surface area contributed by atoms with Crippen LogP contribution in [0.5, 0.6) is 0 Å². The number of nitrogens with two attached hydrogens (primary N) is 2. The van der Waals surface area contributed by atoms with E-state index >= 15 is 0 Å². The zero-order valence-electron chi connectivity index (χ0n) is 15.9. The van der Waals surface area contributed by atoms with E-state index in [4.69, 9.17) is 11.5 Å². The SMILES string of the molecule is CC(C)CN1CCC(CN)CC1C1CN(C(C)C)CCC1CN. The van der Waals surface area contributed by atoms with Gasteiger partial charge in [-0.15, -0.1) is 0 Å². The Morgan fingerprint density at radius 1 is 1.00 bits per heavy atom. The fraction of sp³-hybridized carbons (Fsp3) is 1.00. The van der Waals surface area contributed by atoms with E-state index in [1.54, 1.807) is 0 Å². The molecule has 0 aliphatic carbocycles. The standard InChI is InChI=1S/C19H40N4/c1-14(2)12-23-7-5-16(10-20)9-19(23)18-13-22(15(3)4)8-6-17(18)11-21/h14-19H,5-13,20-21H2,1-4H3. The summed E-state index contributed by atoms with van der Waals surface area (Å²) in [7, 11) is 0. The van der Waals surface area contributed by atoms with Gasteiger partial charge in [-0.05, 0) is 83.0 Å². The Morgan fingerprint density at radius 3 is 2.30 bits per heavy atom. The number of nitrogens with zero attached hydrogens (tertiary/aromatic N) is 2. The predicted molar refractivity (Wildman–Crippen MR) is 99.3 cm³/mol. The molecule has 0 bridgehead atoms. The van der Waals surface area contributed by atoms with E-state index in [1.165, 1.54) is 45.4 Å². The lowest BCUT2D eigenvalue weighted by Crippen LogP contribution is -2.57. The van der Waals surface area contributed by atoms with Crippen molar-refractivity contribution in [3.05, 3.63) is 0 Å². The van der Waals surface area contributed by atoms with Crippen molar-refractivity contribution in [1.82, 2.24) is 9.80 Å². The highest BCUT2D eigenvalue weighted by atomic mass is 15.2. The average molecular weight is 325 g/mol. The highest BCUT2D eigenvalue weighted by Crippen LogP contribution is 2.35. The van der Waals surface area contributed by atoms with Crippen molar-refractivity contribution in [1.29, 1.82) is 0 Å². The van der Waals surface area contributed by atoms with Gasteiger partial charge in [0.2, 0.25) is 0 Å². The normalized spacial score (nSPS) is 34.4. The Balaban J connectivity index is 2.15. The molecular weight excluding hydrogens is 284 g/mol. The minimum Gasteiger partial charge on any atom is -0.330 e. The summed E-state index contributed by atoms with van der Waals surface area (Å²) >= 11 is 0. The first-order valence-corrected chi connectivity index (χ1v) is 9.84. The zero-order valence-corrected chi connectivity index (χ0v) is 15.9. The van der Waals surface area contributed by atoms with Crippen LogP contribution in [-0.4, -0.2) is 61.2 Å². The van der Waals surface area contributed by atoms with Gasteiger partial charge in [-0.3, -0.25) is 4.90 Å². The summed E-state index contributed by atoms with van der Waals surface area (Å²) in [5.41, 5.74) is 12.2. The molecule has 0 amide bonds. The molecule has 2 rings (SSSR count). The summed E-state index contributed by atoms with van der Waals surface area (Å²) in [5, 5.41) is 0. The van der Waals surface area contributed by atoms with Crippen LogP contribution >= 0.6 is 0 Å². The third kappa shape index (κ3) is 4.91. The van der Waals surface area contributed by atoms with Crippen LogP contribution in [0.1, 0.15) is 47.0 Å². The van der Waals surface area contributed by atoms with E-state index in [-0.39, 0.29) is 0 Å². The Hall–Kier alpha value is -0.160. The second kappa shape index (κ2) is 8.80. The van der Waals surface area contributed by atoms with Crippen molar-refractivity contribution >= 4 is 0 Å². The lowest BCUT2D eigenvalue weighted by Gasteiger charge is -2.50. The van der Waals surface area contributed by atoms with Crippen molar-refractivity contribution in [3.63, 3.8) is 0 Å². The Kier molecular flexibility index (Phi) is 7.33. The number of hydrogen-bond acceptors (Lipinski definition) is 4. The van der Waals surface area contributed by atoms with Gasteiger partial charge in [-0.2, -0.15) is 0 Å². The fourth-order valence-corrected chi connectivity index (χ4v) is 4.73. The summed E-state index contributed by atoms with van der Waals surface area (Å²) in [6, 6.07) is 1.32. The molecule has 2 fully saturated rings. The topological polar surface area (TPSA) is 58.5 Å². The monoisotopic (exact) mass is 324 g/mol. The van der Waals surface area contributed by atoms with Crippen molar-refractivity contribution in [3.8, 4) is 0 Å². The second-order valence-corrected chi connectivity index (χ2v) is 8.62. The lowest BCUT2D eigenvalue weighted by molar-refractivity contribution is -0.00472. The van der Waals surface area contributed by atoms with Crippen LogP contribution in [0, 0.1) is 23.7 Å². The van der Waals surface area contributed by atoms with Gasteiger partial charge in [0.1, 0.15) is 0 Å². The number of piperidine rings is 2. The maximum absolute atomic E-state index is 6.17. The Labute approximate surface area is 143 Å². The molecule has 0 spiro atoms. The maximum atomic E-state index is 6.17. The van der Waals surface area contributed by atoms with Crippen LogP contribution in [0.4, 0.5) is 0 Å². The third-order valence-electron chi connectivity index (χ3n) is 6.17. The fourth-order valence-electron chi connectivity index (χ4n) is 4.73. The van der Waals surface area contributed by atoms with Crippen LogP contribution in [-0.2, 0) is 0 Å². The minimum atomic E-state index is 0.642. The molecule has 2 aliphatic rings. The molecule has 0 radical (unpaired) electrons. The summed E-state index contributed by atoms with van der Waals surface area (Å²) in [5.74, 6) is 2.83. The molecule has 0 aromatic heterocycles. The molecule has 4 nitrogen and oxygen atoms in total. The molecule has 0 saturated carbocycles. The zero-order chi connectivity index (χ0) is 17.0. The molecule has 4 heteroatoms. The van der Waals surface area contributed by atoms with Crippen LogP contribution in [0.25, 0.3) is 0 Å². The van der Waals surface area contributed by atoms with Gasteiger partial charge >= 0.3 is 0 Å². The van der Waals surface area contributed by atoms with E-state index in [0.29, 0.717) is 29.8 Å². The molecule has 2 heterocycles. The van der Waals surface area contributed by atoms with Crippen LogP contribution < -0.4 is 11.5 Å². The molecular formula is C19H40N4. The van der Waals surface area contributed by atoms with E-state index in [0.717, 1.165) is 19.0 Å². The van der Waals surface area contributed by atoms with Crippen LogP contribution in [0.3, 0.4) is 0 Å². The predicted octanol–water partition coefficient (Wildman–Crippen LogP) is 1.99. The Morgan fingerprint density at radius 2 is 1.74 bits per heavy atom. The summed E-state index contributed by atoms with van der Waals surface area (Å²) in [6.45, 7) is 15.9. The van der Waals surface area contributed by atoms with E-state index < -0.39 is 0 Å². The van der Waals surface area contributed by atoms with E-state index in [1.807, 2.05) is 0 Å².